The van der Waals surface area contributed by atoms with Gasteiger partial charge in [-0.25, -0.2) is 0 Å². The van der Waals surface area contributed by atoms with Crippen molar-refractivity contribution in [2.75, 3.05) is 33.3 Å². The highest BCUT2D eigenvalue weighted by atomic mass is 16.5. The van der Waals surface area contributed by atoms with Gasteiger partial charge in [-0.2, -0.15) is 0 Å². The number of rotatable bonds is 8. The average molecular weight is 265 g/mol. The second-order valence-corrected chi connectivity index (χ2v) is 4.20. The predicted molar refractivity (Wildman–Crippen MR) is 76.0 cm³/mol. The SMILES string of the molecule is CCN(CCOc1ccccc1CN)CC(=O)NC. The number of ether oxygens (including phenoxy) is 1. The second kappa shape index (κ2) is 8.50. The third-order valence-electron chi connectivity index (χ3n) is 2.95. The molecule has 5 heteroatoms. The molecule has 19 heavy (non-hydrogen) atoms. The molecule has 0 radical (unpaired) electrons. The maximum absolute atomic E-state index is 11.3. The van der Waals surface area contributed by atoms with Gasteiger partial charge >= 0.3 is 0 Å². The zero-order valence-corrected chi connectivity index (χ0v) is 11.7. The molecule has 0 aliphatic carbocycles. The molecule has 106 valence electrons. The molecular weight excluding hydrogens is 242 g/mol. The lowest BCUT2D eigenvalue weighted by Crippen LogP contribution is -2.37. The van der Waals surface area contributed by atoms with Gasteiger partial charge in [0.25, 0.3) is 0 Å². The molecule has 3 N–H and O–H groups in total. The fourth-order valence-corrected chi connectivity index (χ4v) is 1.73. The predicted octanol–water partition coefficient (Wildman–Crippen LogP) is 0.592. The van der Waals surface area contributed by atoms with Gasteiger partial charge in [0, 0.05) is 25.7 Å². The highest BCUT2D eigenvalue weighted by Crippen LogP contribution is 2.16. The van der Waals surface area contributed by atoms with Crippen molar-refractivity contribution in [1.82, 2.24) is 10.2 Å². The highest BCUT2D eigenvalue weighted by Gasteiger charge is 2.08. The third-order valence-corrected chi connectivity index (χ3v) is 2.95. The lowest BCUT2D eigenvalue weighted by atomic mass is 10.2. The molecule has 0 aliphatic rings. The van der Waals surface area contributed by atoms with Gasteiger partial charge in [0.15, 0.2) is 0 Å². The molecule has 5 nitrogen and oxygen atoms in total. The van der Waals surface area contributed by atoms with Crippen LogP contribution in [0, 0.1) is 0 Å². The first-order valence-electron chi connectivity index (χ1n) is 6.55. The summed E-state index contributed by atoms with van der Waals surface area (Å²) >= 11 is 0. The Morgan fingerprint density at radius 2 is 2.16 bits per heavy atom. The van der Waals surface area contributed by atoms with Crippen LogP contribution in [0.25, 0.3) is 0 Å². The van der Waals surface area contributed by atoms with Crippen LogP contribution in [-0.2, 0) is 11.3 Å². The summed E-state index contributed by atoms with van der Waals surface area (Å²) in [5.74, 6) is 0.838. The van der Waals surface area contributed by atoms with Crippen LogP contribution in [0.4, 0.5) is 0 Å². The largest absolute Gasteiger partial charge is 0.492 e. The van der Waals surface area contributed by atoms with Crippen LogP contribution < -0.4 is 15.8 Å². The summed E-state index contributed by atoms with van der Waals surface area (Å²) < 4.78 is 5.72. The Balaban J connectivity index is 2.41. The van der Waals surface area contributed by atoms with Crippen molar-refractivity contribution in [3.05, 3.63) is 29.8 Å². The minimum absolute atomic E-state index is 0.0178. The van der Waals surface area contributed by atoms with Crippen LogP contribution in [0.1, 0.15) is 12.5 Å². The van der Waals surface area contributed by atoms with Gasteiger partial charge < -0.3 is 15.8 Å². The van der Waals surface area contributed by atoms with E-state index < -0.39 is 0 Å². The number of benzene rings is 1. The van der Waals surface area contributed by atoms with Crippen molar-refractivity contribution in [2.45, 2.75) is 13.5 Å². The molecule has 0 heterocycles. The first kappa shape index (κ1) is 15.5. The van der Waals surface area contributed by atoms with E-state index >= 15 is 0 Å². The third kappa shape index (κ3) is 5.28. The Labute approximate surface area is 114 Å². The van der Waals surface area contributed by atoms with Gasteiger partial charge in [-0.15, -0.1) is 0 Å². The molecule has 1 amide bonds. The molecule has 0 aromatic heterocycles. The number of hydrogen-bond donors (Lipinski definition) is 2. The van der Waals surface area contributed by atoms with E-state index in [2.05, 4.69) is 5.32 Å². The Morgan fingerprint density at radius 3 is 2.79 bits per heavy atom. The number of hydrogen-bond acceptors (Lipinski definition) is 4. The number of amides is 1. The summed E-state index contributed by atoms with van der Waals surface area (Å²) in [4.78, 5) is 13.3. The number of nitrogens with one attached hydrogen (secondary N) is 1. The summed E-state index contributed by atoms with van der Waals surface area (Å²) in [6.45, 7) is 4.96. The topological polar surface area (TPSA) is 67.6 Å². The zero-order valence-electron chi connectivity index (χ0n) is 11.7. The molecule has 0 atom stereocenters. The van der Waals surface area contributed by atoms with Crippen molar-refractivity contribution in [2.24, 2.45) is 5.73 Å². The molecule has 1 aromatic carbocycles. The highest BCUT2D eigenvalue weighted by molar-refractivity contribution is 5.77. The molecule has 0 saturated heterocycles. The lowest BCUT2D eigenvalue weighted by molar-refractivity contribution is -0.121. The van der Waals surface area contributed by atoms with E-state index in [0.717, 1.165) is 17.9 Å². The second-order valence-electron chi connectivity index (χ2n) is 4.20. The van der Waals surface area contributed by atoms with E-state index in [1.165, 1.54) is 0 Å². The van der Waals surface area contributed by atoms with Crippen molar-refractivity contribution in [3.8, 4) is 5.75 Å². The maximum Gasteiger partial charge on any atom is 0.233 e. The molecule has 0 aliphatic heterocycles. The van der Waals surface area contributed by atoms with E-state index in [1.54, 1.807) is 7.05 Å². The smallest absolute Gasteiger partial charge is 0.233 e. The Bertz CT molecular complexity index is 396. The fraction of sp³-hybridized carbons (Fsp3) is 0.500. The summed E-state index contributed by atoms with van der Waals surface area (Å²) in [5, 5.41) is 2.62. The van der Waals surface area contributed by atoms with Gasteiger partial charge in [0.1, 0.15) is 12.4 Å². The van der Waals surface area contributed by atoms with Crippen LogP contribution in [0.3, 0.4) is 0 Å². The molecular formula is C14H23N3O2. The number of nitrogens with two attached hydrogens (primary N) is 1. The fourth-order valence-electron chi connectivity index (χ4n) is 1.73. The van der Waals surface area contributed by atoms with Gasteiger partial charge in [0.2, 0.25) is 5.91 Å². The van der Waals surface area contributed by atoms with Crippen molar-refractivity contribution in [1.29, 1.82) is 0 Å². The minimum Gasteiger partial charge on any atom is -0.492 e. The molecule has 1 rings (SSSR count). The first-order valence-corrected chi connectivity index (χ1v) is 6.55. The van der Waals surface area contributed by atoms with Gasteiger partial charge in [-0.3, -0.25) is 9.69 Å². The van der Waals surface area contributed by atoms with Gasteiger partial charge in [0.05, 0.1) is 6.54 Å². The summed E-state index contributed by atoms with van der Waals surface area (Å²) in [5.41, 5.74) is 6.65. The molecule has 0 unspecified atom stereocenters. The lowest BCUT2D eigenvalue weighted by Gasteiger charge is -2.20. The standard InChI is InChI=1S/C14H23N3O2/c1-3-17(11-14(18)16-2)8-9-19-13-7-5-4-6-12(13)10-15/h4-7H,3,8-11,15H2,1-2H3,(H,16,18). The molecule has 1 aromatic rings. The van der Waals surface area contributed by atoms with Crippen LogP contribution >= 0.6 is 0 Å². The number of likely N-dealkylation sites (N-methyl/N-ethyl adjacent to an activating group) is 2. The molecule has 0 fully saturated rings. The van der Waals surface area contributed by atoms with E-state index in [4.69, 9.17) is 10.5 Å². The molecule has 0 bridgehead atoms. The minimum atomic E-state index is 0.0178. The van der Waals surface area contributed by atoms with Crippen molar-refractivity contribution in [3.63, 3.8) is 0 Å². The number of carbonyl (C=O) groups excluding carboxylic acids is 1. The maximum atomic E-state index is 11.3. The molecule has 0 spiro atoms. The van der Waals surface area contributed by atoms with Gasteiger partial charge in [-0.05, 0) is 12.6 Å². The monoisotopic (exact) mass is 265 g/mol. The average Bonchev–Trinajstić information content (AvgIpc) is 2.46. The zero-order chi connectivity index (χ0) is 14.1. The van der Waals surface area contributed by atoms with E-state index in [9.17, 15) is 4.79 Å². The van der Waals surface area contributed by atoms with Crippen molar-refractivity contribution >= 4 is 5.91 Å². The summed E-state index contributed by atoms with van der Waals surface area (Å²) in [6, 6.07) is 7.74. The normalized spacial score (nSPS) is 10.5. The van der Waals surface area contributed by atoms with Crippen LogP contribution in [-0.4, -0.2) is 44.1 Å². The van der Waals surface area contributed by atoms with Crippen LogP contribution in [0.15, 0.2) is 24.3 Å². The van der Waals surface area contributed by atoms with E-state index in [1.807, 2.05) is 36.1 Å². The van der Waals surface area contributed by atoms with Crippen LogP contribution in [0.5, 0.6) is 5.75 Å². The number of para-hydroxylation sites is 1. The van der Waals surface area contributed by atoms with Crippen LogP contribution in [0.2, 0.25) is 0 Å². The quantitative estimate of drug-likeness (QED) is 0.722. The Hall–Kier alpha value is -1.59. The Kier molecular flexibility index (Phi) is 6.92. The number of nitrogens with zero attached hydrogens (tertiary/aromatic N) is 1. The van der Waals surface area contributed by atoms with E-state index in [0.29, 0.717) is 26.2 Å². The first-order chi connectivity index (χ1) is 9.21. The summed E-state index contributed by atoms with van der Waals surface area (Å²) in [7, 11) is 1.64. The van der Waals surface area contributed by atoms with Gasteiger partial charge in [-0.1, -0.05) is 25.1 Å². The van der Waals surface area contributed by atoms with E-state index in [-0.39, 0.29) is 5.91 Å². The van der Waals surface area contributed by atoms with Crippen molar-refractivity contribution < 1.29 is 9.53 Å². The number of carbonyl (C=O) groups is 1. The summed E-state index contributed by atoms with van der Waals surface area (Å²) in [6.07, 6.45) is 0. The molecule has 0 saturated carbocycles. The Morgan fingerprint density at radius 1 is 1.42 bits per heavy atom.